The first-order chi connectivity index (χ1) is 14.0. The van der Waals surface area contributed by atoms with Gasteiger partial charge in [-0.25, -0.2) is 4.39 Å². The predicted molar refractivity (Wildman–Crippen MR) is 118 cm³/mol. The first-order valence-corrected chi connectivity index (χ1v) is 11.0. The molecule has 29 heavy (non-hydrogen) atoms. The van der Waals surface area contributed by atoms with Gasteiger partial charge in [0, 0.05) is 16.8 Å². The van der Waals surface area contributed by atoms with Gasteiger partial charge < -0.3 is 10.2 Å². The second-order valence-corrected chi connectivity index (χ2v) is 9.28. The summed E-state index contributed by atoms with van der Waals surface area (Å²) in [6.45, 7) is 0. The maximum atomic E-state index is 13.7. The maximum absolute atomic E-state index is 13.7. The fraction of sp³-hybridized carbons (Fsp3) is 0.375. The normalized spacial score (nSPS) is 20.7. The minimum absolute atomic E-state index is 0.0314. The number of hydrogen-bond acceptors (Lipinski definition) is 3. The highest BCUT2D eigenvalue weighted by Gasteiger charge is 2.31. The highest BCUT2D eigenvalue weighted by Crippen LogP contribution is 2.37. The van der Waals surface area contributed by atoms with Crippen LogP contribution in [-0.4, -0.2) is 30.9 Å². The van der Waals surface area contributed by atoms with Crippen LogP contribution in [0.25, 0.3) is 10.1 Å². The smallest absolute Gasteiger partial charge is 0.261 e. The van der Waals surface area contributed by atoms with Crippen LogP contribution in [0.5, 0.6) is 0 Å². The van der Waals surface area contributed by atoms with E-state index >= 15 is 0 Å². The Balaban J connectivity index is 1.38. The van der Waals surface area contributed by atoms with Crippen molar-refractivity contribution in [3.05, 3.63) is 70.9 Å². The summed E-state index contributed by atoms with van der Waals surface area (Å²) in [6.07, 6.45) is 3.97. The second kappa shape index (κ2) is 8.64. The number of carbonyl (C=O) groups is 1. The molecule has 0 radical (unpaired) electrons. The minimum Gasteiger partial charge on any atom is -0.349 e. The Morgan fingerprint density at radius 1 is 1.07 bits per heavy atom. The van der Waals surface area contributed by atoms with Gasteiger partial charge in [0.1, 0.15) is 5.82 Å². The molecule has 1 N–H and O–H groups in total. The first kappa shape index (κ1) is 20.0. The van der Waals surface area contributed by atoms with Crippen molar-refractivity contribution in [2.75, 3.05) is 14.1 Å². The predicted octanol–water partition coefficient (Wildman–Crippen LogP) is 5.63. The highest BCUT2D eigenvalue weighted by atomic mass is 32.1. The average Bonchev–Trinajstić information content (AvgIpc) is 3.14. The molecular formula is C24H27FN2OS. The summed E-state index contributed by atoms with van der Waals surface area (Å²) in [7, 11) is 4.12. The van der Waals surface area contributed by atoms with E-state index in [-0.39, 0.29) is 23.8 Å². The third-order valence-corrected chi connectivity index (χ3v) is 7.06. The van der Waals surface area contributed by atoms with Crippen LogP contribution in [0.15, 0.2) is 54.6 Å². The molecule has 3 nitrogen and oxygen atoms in total. The third-order valence-electron chi connectivity index (χ3n) is 5.95. The number of nitrogens with zero attached hydrogens (tertiary/aromatic N) is 1. The SMILES string of the molecule is CN(C)C(c1cccc(F)c1)C1CCC(NC(=O)c2cc3ccccc3s2)CC1. The van der Waals surface area contributed by atoms with Crippen LogP contribution in [0.2, 0.25) is 0 Å². The van der Waals surface area contributed by atoms with E-state index in [9.17, 15) is 9.18 Å². The fourth-order valence-electron chi connectivity index (χ4n) is 4.61. The molecule has 1 unspecified atom stereocenters. The standard InChI is InChI=1S/C24H27FN2OS/c1-27(2)23(18-7-5-8-19(25)14-18)16-10-12-20(13-11-16)26-24(28)22-15-17-6-3-4-9-21(17)29-22/h3-9,14-16,20,23H,10-13H2,1-2H3,(H,26,28). The fourth-order valence-corrected chi connectivity index (χ4v) is 5.58. The van der Waals surface area contributed by atoms with E-state index in [0.29, 0.717) is 5.92 Å². The van der Waals surface area contributed by atoms with Crippen LogP contribution in [-0.2, 0) is 0 Å². The van der Waals surface area contributed by atoms with Crippen molar-refractivity contribution in [1.82, 2.24) is 10.2 Å². The van der Waals surface area contributed by atoms with Crippen molar-refractivity contribution >= 4 is 27.3 Å². The Hall–Kier alpha value is -2.24. The summed E-state index contributed by atoms with van der Waals surface area (Å²) in [6, 6.07) is 17.4. The van der Waals surface area contributed by atoms with E-state index in [0.717, 1.165) is 46.2 Å². The topological polar surface area (TPSA) is 32.3 Å². The molecule has 3 aromatic rings. The van der Waals surface area contributed by atoms with Gasteiger partial charge in [-0.3, -0.25) is 4.79 Å². The molecule has 1 fully saturated rings. The number of hydrogen-bond donors (Lipinski definition) is 1. The van der Waals surface area contributed by atoms with Crippen LogP contribution in [0.3, 0.4) is 0 Å². The zero-order valence-electron chi connectivity index (χ0n) is 16.9. The van der Waals surface area contributed by atoms with Crippen molar-refractivity contribution in [2.24, 2.45) is 5.92 Å². The number of fused-ring (bicyclic) bond motifs is 1. The molecule has 0 saturated heterocycles. The molecule has 1 amide bonds. The van der Waals surface area contributed by atoms with E-state index in [4.69, 9.17) is 0 Å². The number of halogens is 1. The molecule has 5 heteroatoms. The van der Waals surface area contributed by atoms with Crippen LogP contribution >= 0.6 is 11.3 Å². The van der Waals surface area contributed by atoms with Gasteiger partial charge in [0.2, 0.25) is 0 Å². The molecule has 1 saturated carbocycles. The minimum atomic E-state index is -0.182. The zero-order valence-corrected chi connectivity index (χ0v) is 17.7. The van der Waals surface area contributed by atoms with Gasteiger partial charge in [-0.1, -0.05) is 30.3 Å². The van der Waals surface area contributed by atoms with Crippen molar-refractivity contribution < 1.29 is 9.18 Å². The van der Waals surface area contributed by atoms with Gasteiger partial charge >= 0.3 is 0 Å². The molecule has 1 atom stereocenters. The van der Waals surface area contributed by atoms with Crippen LogP contribution in [0.1, 0.15) is 47.0 Å². The summed E-state index contributed by atoms with van der Waals surface area (Å²) in [5.74, 6) is 0.312. The lowest BCUT2D eigenvalue weighted by Gasteiger charge is -2.37. The average molecular weight is 411 g/mol. The van der Waals surface area contributed by atoms with Gasteiger partial charge in [0.25, 0.3) is 5.91 Å². The number of nitrogens with one attached hydrogen (secondary N) is 1. The molecular weight excluding hydrogens is 383 g/mol. The lowest BCUT2D eigenvalue weighted by molar-refractivity contribution is 0.0911. The number of benzene rings is 2. The van der Waals surface area contributed by atoms with Crippen molar-refractivity contribution in [1.29, 1.82) is 0 Å². The van der Waals surface area contributed by atoms with Gasteiger partial charge in [0.05, 0.1) is 4.88 Å². The van der Waals surface area contributed by atoms with Gasteiger partial charge in [0.15, 0.2) is 0 Å². The summed E-state index contributed by atoms with van der Waals surface area (Å²) in [4.78, 5) is 15.7. The molecule has 152 valence electrons. The molecule has 1 heterocycles. The highest BCUT2D eigenvalue weighted by molar-refractivity contribution is 7.20. The number of carbonyl (C=O) groups excluding carboxylic acids is 1. The van der Waals surface area contributed by atoms with E-state index in [1.54, 1.807) is 23.5 Å². The second-order valence-electron chi connectivity index (χ2n) is 8.20. The number of rotatable bonds is 5. The van der Waals surface area contributed by atoms with Gasteiger partial charge in [-0.15, -0.1) is 11.3 Å². The quantitative estimate of drug-likeness (QED) is 0.591. The monoisotopic (exact) mass is 410 g/mol. The first-order valence-electron chi connectivity index (χ1n) is 10.2. The lowest BCUT2D eigenvalue weighted by Crippen LogP contribution is -2.39. The summed E-state index contributed by atoms with van der Waals surface area (Å²) in [5.41, 5.74) is 1.03. The zero-order chi connectivity index (χ0) is 20.4. The molecule has 1 aliphatic carbocycles. The van der Waals surface area contributed by atoms with E-state index in [1.807, 2.05) is 30.3 Å². The molecule has 4 rings (SSSR count). The molecule has 0 spiro atoms. The Morgan fingerprint density at radius 2 is 1.83 bits per heavy atom. The van der Waals surface area contributed by atoms with E-state index in [2.05, 4.69) is 30.4 Å². The summed E-state index contributed by atoms with van der Waals surface area (Å²) < 4.78 is 14.9. The number of thiophene rings is 1. The molecule has 0 aliphatic heterocycles. The van der Waals surface area contributed by atoms with E-state index in [1.165, 1.54) is 6.07 Å². The van der Waals surface area contributed by atoms with Crippen molar-refractivity contribution in [3.8, 4) is 0 Å². The Labute approximate surface area is 175 Å². The van der Waals surface area contributed by atoms with Crippen molar-refractivity contribution in [2.45, 2.75) is 37.8 Å². The molecule has 0 bridgehead atoms. The molecule has 2 aromatic carbocycles. The summed E-state index contributed by atoms with van der Waals surface area (Å²) in [5, 5.41) is 4.35. The summed E-state index contributed by atoms with van der Waals surface area (Å²) >= 11 is 1.55. The Morgan fingerprint density at radius 3 is 2.52 bits per heavy atom. The van der Waals surface area contributed by atoms with Gasteiger partial charge in [-0.2, -0.15) is 0 Å². The van der Waals surface area contributed by atoms with Crippen LogP contribution in [0.4, 0.5) is 4.39 Å². The number of amides is 1. The van der Waals surface area contributed by atoms with Crippen LogP contribution < -0.4 is 5.32 Å². The third kappa shape index (κ3) is 4.51. The Bertz CT molecular complexity index is 958. The lowest BCUT2D eigenvalue weighted by atomic mass is 9.78. The van der Waals surface area contributed by atoms with Gasteiger partial charge in [-0.05, 0) is 80.9 Å². The molecule has 1 aromatic heterocycles. The molecule has 1 aliphatic rings. The maximum Gasteiger partial charge on any atom is 0.261 e. The van der Waals surface area contributed by atoms with E-state index < -0.39 is 0 Å². The Kier molecular flexibility index (Phi) is 5.97. The van der Waals surface area contributed by atoms with Crippen molar-refractivity contribution in [3.63, 3.8) is 0 Å². The largest absolute Gasteiger partial charge is 0.349 e. The van der Waals surface area contributed by atoms with Crippen LogP contribution in [0, 0.1) is 11.7 Å².